The second kappa shape index (κ2) is 6.61. The van der Waals surface area contributed by atoms with E-state index in [1.54, 1.807) is 11.3 Å². The van der Waals surface area contributed by atoms with Gasteiger partial charge in [0.25, 0.3) is 0 Å². The van der Waals surface area contributed by atoms with Crippen molar-refractivity contribution in [1.82, 2.24) is 0 Å². The molecule has 4 heteroatoms. The van der Waals surface area contributed by atoms with Crippen LogP contribution >= 0.6 is 23.3 Å². The summed E-state index contributed by atoms with van der Waals surface area (Å²) in [6.07, 6.45) is 2.73. The minimum atomic E-state index is 0.223. The van der Waals surface area contributed by atoms with Gasteiger partial charge in [-0.25, -0.2) is 0 Å². The van der Waals surface area contributed by atoms with Crippen molar-refractivity contribution in [3.63, 3.8) is 0 Å². The van der Waals surface area contributed by atoms with Gasteiger partial charge in [-0.3, -0.25) is 4.79 Å². The summed E-state index contributed by atoms with van der Waals surface area (Å²) in [6.45, 7) is 3.07. The molecule has 1 aliphatic rings. The van der Waals surface area contributed by atoms with Gasteiger partial charge in [-0.1, -0.05) is 36.4 Å². The number of para-hydroxylation sites is 1. The molecule has 0 saturated carbocycles. The van der Waals surface area contributed by atoms with E-state index in [9.17, 15) is 4.79 Å². The van der Waals surface area contributed by atoms with E-state index in [1.807, 2.05) is 0 Å². The Morgan fingerprint density at radius 1 is 1.17 bits per heavy atom. The van der Waals surface area contributed by atoms with Crippen LogP contribution in [0.25, 0.3) is 10.1 Å². The summed E-state index contributed by atoms with van der Waals surface area (Å²) in [5.74, 6) is 0. The Balaban J connectivity index is 1.52. The van der Waals surface area contributed by atoms with Crippen molar-refractivity contribution in [2.75, 3.05) is 10.8 Å². The zero-order valence-corrected chi connectivity index (χ0v) is 15.3. The SMILES string of the molecule is Cc1c(CC(=O)SN2CCCc3ccccc32)sc2ccccc12. The van der Waals surface area contributed by atoms with E-state index in [-0.39, 0.29) is 5.12 Å². The number of benzene rings is 2. The van der Waals surface area contributed by atoms with Gasteiger partial charge in [-0.2, -0.15) is 0 Å². The van der Waals surface area contributed by atoms with Crippen molar-refractivity contribution in [2.45, 2.75) is 26.2 Å². The molecule has 1 aliphatic heterocycles. The molecule has 4 rings (SSSR count). The lowest BCUT2D eigenvalue weighted by atomic mass is 10.0. The summed E-state index contributed by atoms with van der Waals surface area (Å²) in [7, 11) is 0. The molecule has 0 atom stereocenters. The van der Waals surface area contributed by atoms with E-state index in [1.165, 1.54) is 43.7 Å². The van der Waals surface area contributed by atoms with Gasteiger partial charge in [-0.15, -0.1) is 11.3 Å². The monoisotopic (exact) mass is 353 g/mol. The smallest absolute Gasteiger partial charge is 0.214 e. The summed E-state index contributed by atoms with van der Waals surface area (Å²) in [5, 5.41) is 1.50. The van der Waals surface area contributed by atoms with Crippen molar-refractivity contribution in [2.24, 2.45) is 0 Å². The Bertz CT molecular complexity index is 900. The van der Waals surface area contributed by atoms with E-state index in [0.717, 1.165) is 19.4 Å². The molecule has 0 amide bonds. The zero-order valence-electron chi connectivity index (χ0n) is 13.6. The number of hydrogen-bond acceptors (Lipinski definition) is 4. The lowest BCUT2D eigenvalue weighted by Gasteiger charge is -2.29. The van der Waals surface area contributed by atoms with Gasteiger partial charge in [0.05, 0.1) is 12.1 Å². The third-order valence-corrected chi connectivity index (χ3v) is 6.75. The quantitative estimate of drug-likeness (QED) is 0.590. The lowest BCUT2D eigenvalue weighted by Crippen LogP contribution is -2.24. The minimum Gasteiger partial charge on any atom is -0.309 e. The molecule has 2 aromatic carbocycles. The molecule has 0 N–H and O–H groups in total. The maximum absolute atomic E-state index is 12.6. The van der Waals surface area contributed by atoms with Crippen molar-refractivity contribution < 1.29 is 4.79 Å². The summed E-state index contributed by atoms with van der Waals surface area (Å²) in [4.78, 5) is 13.8. The number of nitrogens with zero attached hydrogens (tertiary/aromatic N) is 1. The van der Waals surface area contributed by atoms with Crippen molar-refractivity contribution in [3.05, 3.63) is 64.5 Å². The second-order valence-electron chi connectivity index (χ2n) is 6.12. The lowest BCUT2D eigenvalue weighted by molar-refractivity contribution is -0.110. The first-order valence-corrected chi connectivity index (χ1v) is 9.84. The average Bonchev–Trinajstić information content (AvgIpc) is 2.91. The number of carbonyl (C=O) groups excluding carboxylic acids is 1. The second-order valence-corrected chi connectivity index (χ2v) is 8.34. The van der Waals surface area contributed by atoms with Crippen LogP contribution < -0.4 is 4.31 Å². The highest BCUT2D eigenvalue weighted by Crippen LogP contribution is 2.35. The molecule has 0 unspecified atom stereocenters. The van der Waals surface area contributed by atoms with Gasteiger partial charge in [0.1, 0.15) is 0 Å². The van der Waals surface area contributed by atoms with Crippen LogP contribution in [0.4, 0.5) is 5.69 Å². The molecule has 0 fully saturated rings. The first-order valence-electron chi connectivity index (χ1n) is 8.25. The van der Waals surface area contributed by atoms with Gasteiger partial charge in [0, 0.05) is 28.1 Å². The summed E-state index contributed by atoms with van der Waals surface area (Å²) in [6, 6.07) is 16.8. The first kappa shape index (κ1) is 15.7. The third kappa shape index (κ3) is 2.96. The highest BCUT2D eigenvalue weighted by Gasteiger charge is 2.21. The number of fused-ring (bicyclic) bond motifs is 2. The highest BCUT2D eigenvalue weighted by atomic mass is 32.2. The molecular formula is C20H19NOS2. The average molecular weight is 354 g/mol. The zero-order chi connectivity index (χ0) is 16.5. The molecule has 24 heavy (non-hydrogen) atoms. The van der Waals surface area contributed by atoms with Crippen molar-refractivity contribution >= 4 is 44.2 Å². The molecule has 2 heterocycles. The Labute approximate surface area is 150 Å². The first-order chi connectivity index (χ1) is 11.7. The Morgan fingerprint density at radius 3 is 2.83 bits per heavy atom. The largest absolute Gasteiger partial charge is 0.309 e. The minimum absolute atomic E-state index is 0.223. The van der Waals surface area contributed by atoms with Crippen LogP contribution in [0.5, 0.6) is 0 Å². The van der Waals surface area contributed by atoms with Crippen LogP contribution in [-0.4, -0.2) is 11.7 Å². The third-order valence-electron chi connectivity index (χ3n) is 4.53. The van der Waals surface area contributed by atoms with E-state index >= 15 is 0 Å². The maximum Gasteiger partial charge on any atom is 0.214 e. The van der Waals surface area contributed by atoms with Crippen molar-refractivity contribution in [1.29, 1.82) is 0 Å². The van der Waals surface area contributed by atoms with Crippen LogP contribution in [-0.2, 0) is 17.6 Å². The molecule has 0 saturated heterocycles. The molecule has 122 valence electrons. The molecule has 0 bridgehead atoms. The summed E-state index contributed by atoms with van der Waals surface area (Å²) < 4.78 is 3.44. The standard InChI is InChI=1S/C20H19NOS2/c1-14-16-9-3-5-11-18(16)23-19(14)13-20(22)24-21-12-6-8-15-7-2-4-10-17(15)21/h2-5,7,9-11H,6,8,12-13H2,1H3. The topological polar surface area (TPSA) is 20.3 Å². The maximum atomic E-state index is 12.6. The highest BCUT2D eigenvalue weighted by molar-refractivity contribution is 8.14. The Hall–Kier alpha value is -1.78. The predicted molar refractivity (Wildman–Crippen MR) is 105 cm³/mol. The molecule has 0 aliphatic carbocycles. The molecular weight excluding hydrogens is 334 g/mol. The normalized spacial score (nSPS) is 14.0. The van der Waals surface area contributed by atoms with Crippen LogP contribution in [0.2, 0.25) is 0 Å². The number of rotatable bonds is 3. The van der Waals surface area contributed by atoms with Crippen LogP contribution in [0.3, 0.4) is 0 Å². The fourth-order valence-corrected chi connectivity index (χ4v) is 5.53. The molecule has 2 nitrogen and oxygen atoms in total. The number of carbonyl (C=O) groups is 1. The molecule has 3 aromatic rings. The summed E-state index contributed by atoms with van der Waals surface area (Å²) in [5.41, 5.74) is 3.81. The number of anilines is 1. The molecule has 1 aromatic heterocycles. The number of thiophene rings is 1. The molecule has 0 spiro atoms. The predicted octanol–water partition coefficient (Wildman–Crippen LogP) is 5.38. The Morgan fingerprint density at radius 2 is 1.96 bits per heavy atom. The fraction of sp³-hybridized carbons (Fsp3) is 0.250. The van der Waals surface area contributed by atoms with E-state index in [2.05, 4.69) is 59.8 Å². The summed E-state index contributed by atoms with van der Waals surface area (Å²) >= 11 is 3.12. The van der Waals surface area contributed by atoms with Gasteiger partial charge < -0.3 is 4.31 Å². The van der Waals surface area contributed by atoms with Gasteiger partial charge in [-0.05, 0) is 48.4 Å². The van der Waals surface area contributed by atoms with E-state index < -0.39 is 0 Å². The Kier molecular flexibility index (Phi) is 4.33. The number of hydrogen-bond donors (Lipinski definition) is 0. The van der Waals surface area contributed by atoms with Crippen LogP contribution in [0, 0.1) is 6.92 Å². The van der Waals surface area contributed by atoms with E-state index in [0.29, 0.717) is 6.42 Å². The van der Waals surface area contributed by atoms with Gasteiger partial charge in [0.2, 0.25) is 5.12 Å². The van der Waals surface area contributed by atoms with E-state index in [4.69, 9.17) is 0 Å². The van der Waals surface area contributed by atoms with Crippen molar-refractivity contribution in [3.8, 4) is 0 Å². The van der Waals surface area contributed by atoms with Crippen LogP contribution in [0.1, 0.15) is 22.4 Å². The van der Waals surface area contributed by atoms with Gasteiger partial charge >= 0.3 is 0 Å². The van der Waals surface area contributed by atoms with Gasteiger partial charge in [0.15, 0.2) is 0 Å². The number of aryl methyl sites for hydroxylation is 2. The molecule has 0 radical (unpaired) electrons. The van der Waals surface area contributed by atoms with Crippen LogP contribution in [0.15, 0.2) is 48.5 Å². The fourth-order valence-electron chi connectivity index (χ4n) is 3.27.